The minimum absolute atomic E-state index is 0.735. The smallest absolute Gasteiger partial charge is 0.0176 e. The fourth-order valence-electron chi connectivity index (χ4n) is 3.90. The third kappa shape index (κ3) is 0.661. The highest BCUT2D eigenvalue weighted by atomic mass is 14.9. The minimum atomic E-state index is 0.735. The summed E-state index contributed by atoms with van der Waals surface area (Å²) >= 11 is 0. The Balaban J connectivity index is 2.13. The van der Waals surface area contributed by atoms with Crippen LogP contribution >= 0.6 is 0 Å². The SMILES string of the molecule is CCC1(C)CC12CC2(CC)CC. The molecule has 0 aromatic carbocycles. The van der Waals surface area contributed by atoms with E-state index in [4.69, 9.17) is 0 Å². The molecule has 0 amide bonds. The van der Waals surface area contributed by atoms with Crippen LogP contribution in [0, 0.1) is 16.2 Å². The quantitative estimate of drug-likeness (QED) is 0.594. The van der Waals surface area contributed by atoms with Crippen molar-refractivity contribution in [2.24, 2.45) is 16.2 Å². The maximum atomic E-state index is 2.50. The fraction of sp³-hybridized carbons (Fsp3) is 1.00. The van der Waals surface area contributed by atoms with E-state index in [9.17, 15) is 0 Å². The molecule has 0 aromatic rings. The van der Waals surface area contributed by atoms with E-state index in [-0.39, 0.29) is 0 Å². The summed E-state index contributed by atoms with van der Waals surface area (Å²) in [5, 5.41) is 0. The lowest BCUT2D eigenvalue weighted by molar-refractivity contribution is 0.348. The van der Waals surface area contributed by atoms with Gasteiger partial charge in [-0.3, -0.25) is 0 Å². The topological polar surface area (TPSA) is 0 Å². The summed E-state index contributed by atoms with van der Waals surface area (Å²) < 4.78 is 0. The number of hydrogen-bond donors (Lipinski definition) is 0. The molecule has 2 aliphatic rings. The largest absolute Gasteiger partial charge is 0.0648 e. The van der Waals surface area contributed by atoms with Crippen LogP contribution in [0.1, 0.15) is 59.8 Å². The molecule has 0 N–H and O–H groups in total. The molecule has 0 radical (unpaired) electrons. The first-order chi connectivity index (χ1) is 5.60. The molecule has 0 aromatic heterocycles. The Bertz CT molecular complexity index is 202. The molecular formula is C12H22. The van der Waals surface area contributed by atoms with Gasteiger partial charge >= 0.3 is 0 Å². The van der Waals surface area contributed by atoms with Crippen molar-refractivity contribution in [3.8, 4) is 0 Å². The third-order valence-electron chi connectivity index (χ3n) is 5.39. The summed E-state index contributed by atoms with van der Waals surface area (Å²) in [7, 11) is 0. The molecule has 0 bridgehead atoms. The molecule has 0 nitrogen and oxygen atoms in total. The highest BCUT2D eigenvalue weighted by Gasteiger charge is 2.82. The van der Waals surface area contributed by atoms with Crippen LogP contribution in [0.15, 0.2) is 0 Å². The molecule has 12 heavy (non-hydrogen) atoms. The Kier molecular flexibility index (Phi) is 1.49. The first-order valence-corrected chi connectivity index (χ1v) is 5.60. The van der Waals surface area contributed by atoms with Crippen molar-refractivity contribution in [1.29, 1.82) is 0 Å². The van der Waals surface area contributed by atoms with Crippen molar-refractivity contribution in [3.05, 3.63) is 0 Å². The summed E-state index contributed by atoms with van der Waals surface area (Å²) in [5.41, 5.74) is 2.33. The van der Waals surface area contributed by atoms with Crippen molar-refractivity contribution in [2.75, 3.05) is 0 Å². The van der Waals surface area contributed by atoms with Gasteiger partial charge in [0.25, 0.3) is 0 Å². The van der Waals surface area contributed by atoms with Crippen LogP contribution in [-0.4, -0.2) is 0 Å². The van der Waals surface area contributed by atoms with Crippen molar-refractivity contribution in [1.82, 2.24) is 0 Å². The van der Waals surface area contributed by atoms with Crippen molar-refractivity contribution < 1.29 is 0 Å². The van der Waals surface area contributed by atoms with Crippen LogP contribution in [0.25, 0.3) is 0 Å². The van der Waals surface area contributed by atoms with E-state index in [1.807, 2.05) is 0 Å². The van der Waals surface area contributed by atoms with E-state index < -0.39 is 0 Å². The summed E-state index contributed by atoms with van der Waals surface area (Å²) in [6, 6.07) is 0. The van der Waals surface area contributed by atoms with Gasteiger partial charge in [-0.2, -0.15) is 0 Å². The van der Waals surface area contributed by atoms with Crippen LogP contribution in [0.4, 0.5) is 0 Å². The Morgan fingerprint density at radius 1 is 0.917 bits per heavy atom. The molecule has 0 aliphatic heterocycles. The zero-order valence-electron chi connectivity index (χ0n) is 9.04. The second kappa shape index (κ2) is 2.08. The Morgan fingerprint density at radius 3 is 1.75 bits per heavy atom. The van der Waals surface area contributed by atoms with E-state index in [0.29, 0.717) is 0 Å². The van der Waals surface area contributed by atoms with Crippen LogP contribution < -0.4 is 0 Å². The van der Waals surface area contributed by atoms with Gasteiger partial charge in [-0.1, -0.05) is 34.1 Å². The predicted molar refractivity (Wildman–Crippen MR) is 53.1 cm³/mol. The summed E-state index contributed by atoms with van der Waals surface area (Å²) in [6.45, 7) is 9.63. The molecule has 2 rings (SSSR count). The minimum Gasteiger partial charge on any atom is -0.0648 e. The third-order valence-corrected chi connectivity index (χ3v) is 5.39. The summed E-state index contributed by atoms with van der Waals surface area (Å²) in [5.74, 6) is 0. The average molecular weight is 166 g/mol. The lowest BCUT2D eigenvalue weighted by Gasteiger charge is -2.14. The number of hydrogen-bond acceptors (Lipinski definition) is 0. The fourth-order valence-corrected chi connectivity index (χ4v) is 3.90. The molecule has 0 heteroatoms. The summed E-state index contributed by atoms with van der Waals surface area (Å²) in [4.78, 5) is 0. The van der Waals surface area contributed by atoms with E-state index in [1.54, 1.807) is 0 Å². The molecule has 2 aliphatic carbocycles. The molecule has 0 heterocycles. The average Bonchev–Trinajstić information content (AvgIpc) is 2.92. The lowest BCUT2D eigenvalue weighted by atomic mass is 9.90. The van der Waals surface area contributed by atoms with Gasteiger partial charge in [0.05, 0.1) is 0 Å². The molecule has 2 atom stereocenters. The van der Waals surface area contributed by atoms with Crippen molar-refractivity contribution in [2.45, 2.75) is 59.8 Å². The zero-order chi connectivity index (χ0) is 9.04. The van der Waals surface area contributed by atoms with Gasteiger partial charge in [0, 0.05) is 0 Å². The maximum absolute atomic E-state index is 2.50. The maximum Gasteiger partial charge on any atom is -0.0176 e. The van der Waals surface area contributed by atoms with Gasteiger partial charge in [0.2, 0.25) is 0 Å². The van der Waals surface area contributed by atoms with Gasteiger partial charge in [0.15, 0.2) is 0 Å². The molecule has 1 spiro atoms. The first-order valence-electron chi connectivity index (χ1n) is 5.60. The molecular weight excluding hydrogens is 144 g/mol. The Labute approximate surface area is 76.7 Å². The first kappa shape index (κ1) is 8.59. The van der Waals surface area contributed by atoms with Gasteiger partial charge in [0.1, 0.15) is 0 Å². The van der Waals surface area contributed by atoms with Gasteiger partial charge in [-0.25, -0.2) is 0 Å². The Hall–Kier alpha value is 0. The highest BCUT2D eigenvalue weighted by molar-refractivity contribution is 5.30. The second-order valence-electron chi connectivity index (χ2n) is 5.34. The summed E-state index contributed by atoms with van der Waals surface area (Å²) in [6.07, 6.45) is 7.29. The monoisotopic (exact) mass is 166 g/mol. The predicted octanol–water partition coefficient (Wildman–Crippen LogP) is 4.00. The van der Waals surface area contributed by atoms with Crippen LogP contribution in [0.3, 0.4) is 0 Å². The van der Waals surface area contributed by atoms with Crippen molar-refractivity contribution in [3.63, 3.8) is 0 Å². The van der Waals surface area contributed by atoms with E-state index >= 15 is 0 Å². The van der Waals surface area contributed by atoms with Gasteiger partial charge < -0.3 is 0 Å². The van der Waals surface area contributed by atoms with Gasteiger partial charge in [-0.05, 0) is 41.9 Å². The standard InChI is InChI=1S/C12H22/c1-5-10(4)8-12(10)9-11(12,6-2)7-3/h5-9H2,1-4H3. The van der Waals surface area contributed by atoms with E-state index in [0.717, 1.165) is 16.2 Å². The second-order valence-corrected chi connectivity index (χ2v) is 5.34. The normalized spacial score (nSPS) is 48.0. The van der Waals surface area contributed by atoms with Gasteiger partial charge in [-0.15, -0.1) is 0 Å². The Morgan fingerprint density at radius 2 is 1.50 bits per heavy atom. The number of rotatable bonds is 3. The molecule has 0 saturated heterocycles. The highest BCUT2D eigenvalue weighted by Crippen LogP contribution is 2.90. The van der Waals surface area contributed by atoms with E-state index in [2.05, 4.69) is 27.7 Å². The molecule has 2 saturated carbocycles. The van der Waals surface area contributed by atoms with Crippen molar-refractivity contribution >= 4 is 0 Å². The zero-order valence-corrected chi connectivity index (χ0v) is 9.04. The van der Waals surface area contributed by atoms with Crippen LogP contribution in [0.2, 0.25) is 0 Å². The molecule has 70 valence electrons. The lowest BCUT2D eigenvalue weighted by Crippen LogP contribution is -2.06. The van der Waals surface area contributed by atoms with Crippen LogP contribution in [0.5, 0.6) is 0 Å². The van der Waals surface area contributed by atoms with Crippen LogP contribution in [-0.2, 0) is 0 Å². The molecule has 2 unspecified atom stereocenters. The van der Waals surface area contributed by atoms with E-state index in [1.165, 1.54) is 32.1 Å². The molecule has 2 fully saturated rings.